The Balaban J connectivity index is 1.20. The Morgan fingerprint density at radius 1 is 0.921 bits per heavy atom. The number of halogens is 3. The Morgan fingerprint density at radius 3 is 2.26 bits per heavy atom. The molecule has 4 N–H and O–H groups in total. The number of rotatable bonds is 6. The Bertz CT molecular complexity index is 1180. The van der Waals surface area contributed by atoms with E-state index in [4.69, 9.17) is 0 Å². The van der Waals surface area contributed by atoms with Gasteiger partial charge in [0.2, 0.25) is 0 Å². The van der Waals surface area contributed by atoms with E-state index in [1.54, 1.807) is 18.2 Å². The molecule has 3 heterocycles. The van der Waals surface area contributed by atoms with Gasteiger partial charge in [0, 0.05) is 18.8 Å². The van der Waals surface area contributed by atoms with Gasteiger partial charge in [0.05, 0.1) is 23.1 Å². The van der Waals surface area contributed by atoms with E-state index in [9.17, 15) is 33.0 Å². The van der Waals surface area contributed by atoms with Gasteiger partial charge in [-0.2, -0.15) is 13.2 Å². The molecule has 38 heavy (non-hydrogen) atoms. The molecule has 2 aromatic rings. The van der Waals surface area contributed by atoms with Gasteiger partial charge in [0.15, 0.2) is 0 Å². The Labute approximate surface area is 218 Å². The minimum absolute atomic E-state index is 0.129. The molecule has 0 aliphatic carbocycles. The van der Waals surface area contributed by atoms with E-state index in [1.165, 1.54) is 0 Å². The van der Waals surface area contributed by atoms with E-state index in [-0.39, 0.29) is 30.4 Å². The quantitative estimate of drug-likeness (QED) is 0.424. The third kappa shape index (κ3) is 5.42. The molecule has 0 spiro atoms. The molecule has 2 aromatic carbocycles. The molecular formula is C27H31F3N4O4. The van der Waals surface area contributed by atoms with Crippen molar-refractivity contribution in [2.24, 2.45) is 5.92 Å². The second-order valence-corrected chi connectivity index (χ2v) is 10.2. The number of aliphatic hydroxyl groups excluding tert-OH is 2. The topological polar surface area (TPSA) is 105 Å². The van der Waals surface area contributed by atoms with Gasteiger partial charge in [0.25, 0.3) is 11.8 Å². The molecule has 3 aliphatic heterocycles. The summed E-state index contributed by atoms with van der Waals surface area (Å²) in [5.74, 6) is -2.17. The van der Waals surface area contributed by atoms with Crippen LogP contribution in [0.2, 0.25) is 0 Å². The van der Waals surface area contributed by atoms with Gasteiger partial charge < -0.3 is 15.5 Å². The fourth-order valence-corrected chi connectivity index (χ4v) is 5.54. The Morgan fingerprint density at radius 2 is 1.61 bits per heavy atom. The molecule has 2 amide bonds. The van der Waals surface area contributed by atoms with Crippen molar-refractivity contribution in [2.75, 3.05) is 18.4 Å². The SMILES string of the molecule is O=C1c2cccc(NCc3ccc(CN4CCC(C(F)(F)F)CC4)cc3)c2C(=O)N1C1CCC(O)NC1O. The number of piperidine rings is 2. The summed E-state index contributed by atoms with van der Waals surface area (Å²) in [5.41, 5.74) is 2.99. The number of hydrogen-bond donors (Lipinski definition) is 4. The molecule has 8 nitrogen and oxygen atoms in total. The van der Waals surface area contributed by atoms with Crippen molar-refractivity contribution in [3.63, 3.8) is 0 Å². The molecule has 3 unspecified atom stereocenters. The molecule has 0 radical (unpaired) electrons. The third-order valence-electron chi connectivity index (χ3n) is 7.70. The standard InChI is InChI=1S/C27H31F3N4O4/c28-27(29,30)18-10-12-33(13-11-18)15-17-6-4-16(5-7-17)14-31-20-3-1-2-19-23(20)26(38)34(25(19)37)21-8-9-22(35)32-24(21)36/h1-7,18,21-22,24,31-32,35-36H,8-15H2. The van der Waals surface area contributed by atoms with Gasteiger partial charge in [-0.15, -0.1) is 0 Å². The molecule has 2 saturated heterocycles. The zero-order chi connectivity index (χ0) is 27.0. The normalized spacial score (nSPS) is 25.1. The molecule has 3 atom stereocenters. The summed E-state index contributed by atoms with van der Waals surface area (Å²) in [6, 6.07) is 12.0. The van der Waals surface area contributed by atoms with Gasteiger partial charge >= 0.3 is 6.18 Å². The van der Waals surface area contributed by atoms with E-state index >= 15 is 0 Å². The van der Waals surface area contributed by atoms with Gasteiger partial charge in [-0.05, 0) is 62.0 Å². The van der Waals surface area contributed by atoms with Crippen molar-refractivity contribution in [3.8, 4) is 0 Å². The highest BCUT2D eigenvalue weighted by Gasteiger charge is 2.45. The van der Waals surface area contributed by atoms with E-state index in [1.807, 2.05) is 29.2 Å². The average Bonchev–Trinajstić information content (AvgIpc) is 3.14. The van der Waals surface area contributed by atoms with Crippen molar-refractivity contribution in [3.05, 3.63) is 64.7 Å². The van der Waals surface area contributed by atoms with Crippen molar-refractivity contribution >= 4 is 17.5 Å². The van der Waals surface area contributed by atoms with E-state index < -0.39 is 42.4 Å². The largest absolute Gasteiger partial charge is 0.391 e. The summed E-state index contributed by atoms with van der Waals surface area (Å²) in [7, 11) is 0. The van der Waals surface area contributed by atoms with E-state index in [0.29, 0.717) is 38.3 Å². The van der Waals surface area contributed by atoms with Crippen LogP contribution in [0.1, 0.15) is 57.5 Å². The summed E-state index contributed by atoms with van der Waals surface area (Å²) < 4.78 is 38.7. The fraction of sp³-hybridized carbons (Fsp3) is 0.481. The molecule has 5 rings (SSSR count). The van der Waals surface area contributed by atoms with Crippen LogP contribution in [0.4, 0.5) is 18.9 Å². The van der Waals surface area contributed by atoms with Crippen LogP contribution in [-0.2, 0) is 13.1 Å². The highest BCUT2D eigenvalue weighted by Crippen LogP contribution is 2.35. The van der Waals surface area contributed by atoms with E-state index in [2.05, 4.69) is 10.6 Å². The number of nitrogens with zero attached hydrogens (tertiary/aromatic N) is 2. The van der Waals surface area contributed by atoms with Gasteiger partial charge in [-0.25, -0.2) is 0 Å². The lowest BCUT2D eigenvalue weighted by Crippen LogP contribution is -2.58. The summed E-state index contributed by atoms with van der Waals surface area (Å²) in [6.45, 7) is 1.83. The third-order valence-corrected chi connectivity index (χ3v) is 7.70. The average molecular weight is 533 g/mol. The zero-order valence-corrected chi connectivity index (χ0v) is 20.7. The highest BCUT2D eigenvalue weighted by molar-refractivity contribution is 6.24. The first-order valence-corrected chi connectivity index (χ1v) is 12.9. The second kappa shape index (κ2) is 10.6. The van der Waals surface area contributed by atoms with Gasteiger partial charge in [0.1, 0.15) is 12.5 Å². The number of alkyl halides is 3. The van der Waals surface area contributed by atoms with Crippen molar-refractivity contribution in [1.82, 2.24) is 15.1 Å². The number of amides is 2. The second-order valence-electron chi connectivity index (χ2n) is 10.2. The first-order valence-electron chi connectivity index (χ1n) is 12.9. The lowest BCUT2D eigenvalue weighted by Gasteiger charge is -2.36. The van der Waals surface area contributed by atoms with Crippen LogP contribution in [-0.4, -0.2) is 69.6 Å². The maximum atomic E-state index is 13.3. The number of carbonyl (C=O) groups excluding carboxylic acids is 2. The molecule has 11 heteroatoms. The van der Waals surface area contributed by atoms with Crippen LogP contribution in [0.3, 0.4) is 0 Å². The Hall–Kier alpha value is -2.99. The summed E-state index contributed by atoms with van der Waals surface area (Å²) in [5, 5.41) is 25.8. The lowest BCUT2D eigenvalue weighted by atomic mass is 9.96. The number of carbonyl (C=O) groups is 2. The molecular weight excluding hydrogens is 501 g/mol. The number of aliphatic hydroxyl groups is 2. The van der Waals surface area contributed by atoms with Crippen LogP contribution in [0.5, 0.6) is 0 Å². The molecule has 204 valence electrons. The number of imide groups is 1. The molecule has 3 aliphatic rings. The lowest BCUT2D eigenvalue weighted by molar-refractivity contribution is -0.185. The fourth-order valence-electron chi connectivity index (χ4n) is 5.54. The first kappa shape index (κ1) is 26.6. The predicted octanol–water partition coefficient (Wildman–Crippen LogP) is 3.06. The maximum Gasteiger partial charge on any atom is 0.391 e. The summed E-state index contributed by atoms with van der Waals surface area (Å²) in [4.78, 5) is 29.4. The zero-order valence-electron chi connectivity index (χ0n) is 20.7. The highest BCUT2D eigenvalue weighted by atomic mass is 19.4. The van der Waals surface area contributed by atoms with Crippen molar-refractivity contribution in [1.29, 1.82) is 0 Å². The molecule has 2 fully saturated rings. The maximum absolute atomic E-state index is 13.3. The number of likely N-dealkylation sites (tertiary alicyclic amines) is 1. The smallest absolute Gasteiger partial charge is 0.380 e. The minimum Gasteiger partial charge on any atom is -0.380 e. The Kier molecular flexibility index (Phi) is 7.45. The van der Waals surface area contributed by atoms with Gasteiger partial charge in [-0.3, -0.25) is 24.7 Å². The number of anilines is 1. The van der Waals surface area contributed by atoms with E-state index in [0.717, 1.165) is 16.0 Å². The summed E-state index contributed by atoms with van der Waals surface area (Å²) in [6.07, 6.45) is -5.37. The van der Waals surface area contributed by atoms with Crippen molar-refractivity contribution < 1.29 is 33.0 Å². The first-order chi connectivity index (χ1) is 18.1. The molecule has 0 aromatic heterocycles. The predicted molar refractivity (Wildman–Crippen MR) is 133 cm³/mol. The van der Waals surface area contributed by atoms with Crippen molar-refractivity contribution in [2.45, 2.75) is 63.4 Å². The number of hydrogen-bond acceptors (Lipinski definition) is 7. The molecule has 0 saturated carbocycles. The van der Waals surface area contributed by atoms with Crippen LogP contribution < -0.4 is 10.6 Å². The minimum atomic E-state index is -4.12. The molecule has 0 bridgehead atoms. The van der Waals surface area contributed by atoms with Crippen LogP contribution >= 0.6 is 0 Å². The van der Waals surface area contributed by atoms with Crippen LogP contribution in [0.15, 0.2) is 42.5 Å². The summed E-state index contributed by atoms with van der Waals surface area (Å²) >= 11 is 0. The number of nitrogens with one attached hydrogen (secondary N) is 2. The van der Waals surface area contributed by atoms with Gasteiger partial charge in [-0.1, -0.05) is 30.3 Å². The monoisotopic (exact) mass is 532 g/mol. The number of benzene rings is 2. The number of fused-ring (bicyclic) bond motifs is 1. The van der Waals surface area contributed by atoms with Crippen LogP contribution in [0, 0.1) is 5.92 Å². The van der Waals surface area contributed by atoms with Crippen LogP contribution in [0.25, 0.3) is 0 Å².